The van der Waals surface area contributed by atoms with E-state index in [0.717, 1.165) is 40.6 Å². The molecule has 0 fully saturated rings. The van der Waals surface area contributed by atoms with Gasteiger partial charge in [-0.15, -0.1) is 22.7 Å². The molecule has 0 amide bonds. The fourth-order valence-corrected chi connectivity index (χ4v) is 7.55. The fourth-order valence-electron chi connectivity index (χ4n) is 7.55. The van der Waals surface area contributed by atoms with Crippen LogP contribution in [-0.2, 0) is 52.2 Å². The van der Waals surface area contributed by atoms with Crippen LogP contribution in [0.4, 0.5) is 22.7 Å². The largest absolute Gasteiger partial charge is 3.00 e. The van der Waals surface area contributed by atoms with Crippen LogP contribution >= 0.6 is 0 Å². The monoisotopic (exact) mass is 814 g/mol. The minimum Gasteiger partial charge on any atom is -0.679 e. The van der Waals surface area contributed by atoms with Crippen LogP contribution in [0.25, 0.3) is 16.0 Å². The molecule has 0 radical (unpaired) electrons. The predicted molar refractivity (Wildman–Crippen MR) is 234 cm³/mol. The first kappa shape index (κ1) is 42.9. The van der Waals surface area contributed by atoms with Crippen LogP contribution in [0.1, 0.15) is 135 Å². The topological polar surface area (TPSA) is 55.2 Å². The molecule has 0 unspecified atom stereocenters. The molecule has 6 aromatic rings. The zero-order valence-corrected chi connectivity index (χ0v) is 37.4. The van der Waals surface area contributed by atoms with E-state index >= 15 is 0 Å². The van der Waals surface area contributed by atoms with Crippen molar-refractivity contribution in [2.75, 3.05) is 0 Å². The van der Waals surface area contributed by atoms with Gasteiger partial charge in [-0.05, 0) is 47.8 Å². The standard InChI is InChI=1S/C31H41N3.C20H16N.Y/c1-20(2)26-14-10-15-27(21(3)4)30(26)32-18-24-12-9-13-25(34-24)19-33-31-28(22(5)6)16-11-17-29(31)23(7)8;1-2-8-15(9-3-1)14-18-16-10-4-6-12-19(16)21-20-13-7-5-11-17(18)20;/h9-17,20-23H,18-19H2,1-8H3;1-13,18H,14H2;/q-2;-1;+3. The average molecular weight is 815 g/mol. The van der Waals surface area contributed by atoms with Crippen LogP contribution < -0.4 is 0 Å². The quantitative estimate of drug-likeness (QED) is 0.121. The molecule has 284 valence electrons. The number of nitrogens with zero attached hydrogens (tertiary/aromatic N) is 4. The first-order valence-electron chi connectivity index (χ1n) is 20.1. The van der Waals surface area contributed by atoms with E-state index in [0.29, 0.717) is 42.7 Å². The molecule has 1 aliphatic heterocycles. The number of fused-ring (bicyclic) bond motifs is 2. The molecule has 5 heteroatoms. The Kier molecular flexibility index (Phi) is 15.5. The number of aromatic nitrogens is 1. The summed E-state index contributed by atoms with van der Waals surface area (Å²) in [5.41, 5.74) is 15.7. The maximum absolute atomic E-state index is 5.06. The summed E-state index contributed by atoms with van der Waals surface area (Å²) < 4.78 is 0. The molecule has 4 nitrogen and oxygen atoms in total. The molecule has 0 spiro atoms. The van der Waals surface area contributed by atoms with Gasteiger partial charge in [0.1, 0.15) is 0 Å². The van der Waals surface area contributed by atoms with Gasteiger partial charge in [0.25, 0.3) is 0 Å². The van der Waals surface area contributed by atoms with Crippen molar-refractivity contribution in [2.24, 2.45) is 0 Å². The minimum absolute atomic E-state index is 0. The van der Waals surface area contributed by atoms with Crippen molar-refractivity contribution in [1.82, 2.24) is 4.98 Å². The Labute approximate surface area is 362 Å². The third-order valence-corrected chi connectivity index (χ3v) is 10.5. The molecule has 1 aromatic heterocycles. The van der Waals surface area contributed by atoms with Gasteiger partial charge in [-0.25, -0.2) is 0 Å². The third kappa shape index (κ3) is 10.6. The molecule has 56 heavy (non-hydrogen) atoms. The molecule has 2 heterocycles. The van der Waals surface area contributed by atoms with Gasteiger partial charge in [0.05, 0.1) is 0 Å². The van der Waals surface area contributed by atoms with E-state index < -0.39 is 0 Å². The Balaban J connectivity index is 0.000000232. The maximum atomic E-state index is 5.06. The Morgan fingerprint density at radius 1 is 0.464 bits per heavy atom. The van der Waals surface area contributed by atoms with Crippen LogP contribution in [0, 0.1) is 0 Å². The molecule has 0 saturated carbocycles. The second kappa shape index (κ2) is 20.3. The molecular formula is C51H57N4Y. The van der Waals surface area contributed by atoms with Crippen LogP contribution in [0.15, 0.2) is 133 Å². The molecule has 0 atom stereocenters. The van der Waals surface area contributed by atoms with Crippen molar-refractivity contribution in [2.45, 2.75) is 104 Å². The van der Waals surface area contributed by atoms with Gasteiger partial charge in [0.15, 0.2) is 0 Å². The summed E-state index contributed by atoms with van der Waals surface area (Å²) in [5.74, 6) is 2.13. The summed E-state index contributed by atoms with van der Waals surface area (Å²) in [6, 6.07) is 47.1. The van der Waals surface area contributed by atoms with Crippen molar-refractivity contribution in [3.8, 4) is 0 Å². The number of benzene rings is 5. The maximum Gasteiger partial charge on any atom is 3.00 e. The van der Waals surface area contributed by atoms with Gasteiger partial charge in [0, 0.05) is 17.3 Å². The summed E-state index contributed by atoms with van der Waals surface area (Å²) in [6.45, 7) is 19.0. The van der Waals surface area contributed by atoms with Crippen molar-refractivity contribution in [3.63, 3.8) is 0 Å². The molecule has 0 bridgehead atoms. The number of pyridine rings is 1. The van der Waals surface area contributed by atoms with E-state index in [1.807, 2.05) is 0 Å². The predicted octanol–water partition coefficient (Wildman–Crippen LogP) is 15.7. The summed E-state index contributed by atoms with van der Waals surface area (Å²) in [7, 11) is 0. The Morgan fingerprint density at radius 3 is 1.25 bits per heavy atom. The van der Waals surface area contributed by atoms with Crippen LogP contribution in [-0.4, -0.2) is 4.98 Å². The van der Waals surface area contributed by atoms with E-state index in [-0.39, 0.29) is 32.7 Å². The average Bonchev–Trinajstić information content (AvgIpc) is 3.19. The third-order valence-electron chi connectivity index (χ3n) is 10.5. The van der Waals surface area contributed by atoms with E-state index in [1.165, 1.54) is 38.9 Å². The van der Waals surface area contributed by atoms with Gasteiger partial charge >= 0.3 is 32.7 Å². The van der Waals surface area contributed by atoms with E-state index in [2.05, 4.69) is 189 Å². The molecule has 0 aliphatic carbocycles. The van der Waals surface area contributed by atoms with Gasteiger partial charge in [-0.2, -0.15) is 0 Å². The van der Waals surface area contributed by atoms with E-state index in [4.69, 9.17) is 20.9 Å². The summed E-state index contributed by atoms with van der Waals surface area (Å²) in [4.78, 5) is 4.91. The van der Waals surface area contributed by atoms with E-state index in [9.17, 15) is 0 Å². The van der Waals surface area contributed by atoms with Gasteiger partial charge in [0.2, 0.25) is 0 Å². The first-order valence-corrected chi connectivity index (χ1v) is 20.1. The number of rotatable bonds is 12. The molecule has 5 aromatic carbocycles. The summed E-state index contributed by atoms with van der Waals surface area (Å²) >= 11 is 0. The van der Waals surface area contributed by atoms with E-state index in [1.54, 1.807) is 0 Å². The number of hydrogen-bond donors (Lipinski definition) is 0. The van der Waals surface area contributed by atoms with Gasteiger partial charge in [-0.3, -0.25) is 4.98 Å². The number of hydrogen-bond acceptors (Lipinski definition) is 1. The normalized spacial score (nSPS) is 12.0. The van der Waals surface area contributed by atoms with Crippen LogP contribution in [0.5, 0.6) is 0 Å². The molecule has 1 aliphatic rings. The van der Waals surface area contributed by atoms with Crippen LogP contribution in [0.3, 0.4) is 0 Å². The SMILES string of the molecule is CC(C)c1cccc(C(C)C)c1[N-]Cc1cccc(C[N-]c2c(C(C)C)cccc2C(C)C)n1.[Y+3].c1ccc(CC2c3ccccc3[N-]c3ccccc32)cc1. The van der Waals surface area contributed by atoms with Crippen molar-refractivity contribution >= 4 is 22.7 Å². The Bertz CT molecular complexity index is 1970. The summed E-state index contributed by atoms with van der Waals surface area (Å²) in [5, 5.41) is 14.9. The fraction of sp³-hybridized carbons (Fsp3) is 0.314. The minimum atomic E-state index is 0. The Morgan fingerprint density at radius 2 is 0.839 bits per heavy atom. The zero-order valence-electron chi connectivity index (χ0n) is 34.6. The first-order chi connectivity index (χ1) is 26.6. The second-order valence-corrected chi connectivity index (χ2v) is 15.9. The van der Waals surface area contributed by atoms with Crippen molar-refractivity contribution in [3.05, 3.63) is 200 Å². The van der Waals surface area contributed by atoms with Crippen molar-refractivity contribution < 1.29 is 32.7 Å². The second-order valence-electron chi connectivity index (χ2n) is 15.9. The van der Waals surface area contributed by atoms with Gasteiger partial charge < -0.3 is 16.0 Å². The number of para-hydroxylation sites is 4. The van der Waals surface area contributed by atoms with Gasteiger partial charge in [-0.1, -0.05) is 223 Å². The molecule has 0 saturated heterocycles. The molecular weight excluding hydrogens is 757 g/mol. The molecule has 0 N–H and O–H groups in total. The zero-order chi connectivity index (χ0) is 38.9. The smallest absolute Gasteiger partial charge is 0.679 e. The Hall–Kier alpha value is -4.25. The summed E-state index contributed by atoms with van der Waals surface area (Å²) in [6.07, 6.45) is 1.02. The van der Waals surface area contributed by atoms with Crippen molar-refractivity contribution in [1.29, 1.82) is 0 Å². The molecule has 7 rings (SSSR count). The van der Waals surface area contributed by atoms with Crippen LogP contribution in [0.2, 0.25) is 0 Å².